The Bertz CT molecular complexity index is 414. The highest BCUT2D eigenvalue weighted by molar-refractivity contribution is 5.94. The van der Waals surface area contributed by atoms with Gasteiger partial charge in [0.2, 0.25) is 0 Å². The van der Waals surface area contributed by atoms with Crippen molar-refractivity contribution < 1.29 is 4.79 Å². The maximum Gasteiger partial charge on any atom is 0.251 e. The molecule has 1 fully saturated rings. The predicted molar refractivity (Wildman–Crippen MR) is 79.1 cm³/mol. The summed E-state index contributed by atoms with van der Waals surface area (Å²) in [6.45, 7) is 10.7. The normalized spacial score (nSPS) is 24.3. The summed E-state index contributed by atoms with van der Waals surface area (Å²) in [5, 5.41) is 3.16. The first kappa shape index (κ1) is 15.7. The van der Waals surface area contributed by atoms with Crippen LogP contribution in [0.4, 0.5) is 0 Å². The van der Waals surface area contributed by atoms with Gasteiger partial charge in [0.05, 0.1) is 0 Å². The number of rotatable bonds is 2. The second kappa shape index (κ2) is 6.18. The molecule has 3 nitrogen and oxygen atoms in total. The lowest BCUT2D eigenvalue weighted by Gasteiger charge is -2.28. The zero-order valence-corrected chi connectivity index (χ0v) is 12.8. The van der Waals surface area contributed by atoms with Gasteiger partial charge in [0.1, 0.15) is 0 Å². The van der Waals surface area contributed by atoms with Gasteiger partial charge in [0.25, 0.3) is 5.91 Å². The third-order valence-corrected chi connectivity index (χ3v) is 3.58. The zero-order chi connectivity index (χ0) is 14.5. The lowest BCUT2D eigenvalue weighted by Crippen LogP contribution is -2.44. The summed E-state index contributed by atoms with van der Waals surface area (Å²) in [6, 6.07) is 3.50. The molecule has 1 saturated carbocycles. The lowest BCUT2D eigenvalue weighted by atomic mass is 9.88. The highest BCUT2D eigenvalue weighted by atomic mass is 16.1. The smallest absolute Gasteiger partial charge is 0.251 e. The lowest BCUT2D eigenvalue weighted by molar-refractivity contribution is 0.0903. The molecule has 0 bridgehead atoms. The predicted octanol–water partition coefficient (Wildman–Crippen LogP) is 3.81. The summed E-state index contributed by atoms with van der Waals surface area (Å²) in [4.78, 5) is 16.0. The van der Waals surface area contributed by atoms with E-state index in [1.54, 1.807) is 24.5 Å². The molecule has 3 heteroatoms. The first-order valence-corrected chi connectivity index (χ1v) is 7.13. The summed E-state index contributed by atoms with van der Waals surface area (Å²) < 4.78 is 0. The van der Waals surface area contributed by atoms with Crippen molar-refractivity contribution in [3.8, 4) is 0 Å². The maximum absolute atomic E-state index is 12.1. The van der Waals surface area contributed by atoms with E-state index in [1.807, 2.05) is 13.8 Å². The molecule has 1 aliphatic rings. The van der Waals surface area contributed by atoms with Crippen LogP contribution in [0.15, 0.2) is 24.5 Å². The molecule has 1 atom stereocenters. The van der Waals surface area contributed by atoms with Gasteiger partial charge < -0.3 is 5.32 Å². The summed E-state index contributed by atoms with van der Waals surface area (Å²) in [7, 11) is 0. The molecule has 19 heavy (non-hydrogen) atoms. The number of pyridine rings is 1. The number of carbonyl (C=O) groups excluding carboxylic acids is 1. The van der Waals surface area contributed by atoms with E-state index in [2.05, 4.69) is 31.1 Å². The van der Waals surface area contributed by atoms with Gasteiger partial charge in [0.15, 0.2) is 0 Å². The number of hydrogen-bond acceptors (Lipinski definition) is 2. The number of nitrogens with zero attached hydrogens (tertiary/aromatic N) is 1. The third kappa shape index (κ3) is 4.34. The van der Waals surface area contributed by atoms with Crippen LogP contribution in [0.3, 0.4) is 0 Å². The number of hydrogen-bond donors (Lipinski definition) is 1. The van der Waals surface area contributed by atoms with Crippen LogP contribution in [0.25, 0.3) is 0 Å². The Morgan fingerprint density at radius 2 is 1.74 bits per heavy atom. The van der Waals surface area contributed by atoms with Crippen molar-refractivity contribution in [1.82, 2.24) is 10.3 Å². The molecule has 0 saturated heterocycles. The van der Waals surface area contributed by atoms with Crippen molar-refractivity contribution in [2.75, 3.05) is 0 Å². The van der Waals surface area contributed by atoms with Crippen LogP contribution >= 0.6 is 0 Å². The van der Waals surface area contributed by atoms with Crippen molar-refractivity contribution in [3.05, 3.63) is 30.1 Å². The molecule has 106 valence electrons. The molecular formula is C16H26N2O. The summed E-state index contributed by atoms with van der Waals surface area (Å²) >= 11 is 0. The van der Waals surface area contributed by atoms with Crippen LogP contribution in [-0.2, 0) is 0 Å². The van der Waals surface area contributed by atoms with E-state index in [9.17, 15) is 4.79 Å². The molecule has 1 N–H and O–H groups in total. The molecule has 1 aromatic heterocycles. The summed E-state index contributed by atoms with van der Waals surface area (Å²) in [5.41, 5.74) is 0.954. The van der Waals surface area contributed by atoms with E-state index < -0.39 is 0 Å². The second-order valence-electron chi connectivity index (χ2n) is 6.09. The minimum absolute atomic E-state index is 0.00704. The Labute approximate surface area is 116 Å². The molecule has 0 radical (unpaired) electrons. The van der Waals surface area contributed by atoms with Gasteiger partial charge in [-0.3, -0.25) is 9.78 Å². The van der Waals surface area contributed by atoms with Crippen molar-refractivity contribution in [2.45, 2.75) is 59.4 Å². The average Bonchev–Trinajstić information content (AvgIpc) is 2.67. The van der Waals surface area contributed by atoms with E-state index in [4.69, 9.17) is 0 Å². The number of amides is 1. The molecular weight excluding hydrogens is 236 g/mol. The quantitative estimate of drug-likeness (QED) is 0.880. The minimum atomic E-state index is -0.0656. The van der Waals surface area contributed by atoms with Gasteiger partial charge in [-0.2, -0.15) is 0 Å². The van der Waals surface area contributed by atoms with Gasteiger partial charge in [-0.1, -0.05) is 27.7 Å². The van der Waals surface area contributed by atoms with Gasteiger partial charge in [-0.15, -0.1) is 0 Å². The first-order valence-electron chi connectivity index (χ1n) is 7.13. The Morgan fingerprint density at radius 3 is 2.21 bits per heavy atom. The Kier molecular flexibility index (Phi) is 5.10. The topological polar surface area (TPSA) is 42.0 Å². The number of carbonyl (C=O) groups is 1. The molecule has 2 rings (SSSR count). The Balaban J connectivity index is 0.000000861. The Morgan fingerprint density at radius 1 is 1.16 bits per heavy atom. The average molecular weight is 262 g/mol. The molecule has 0 aliphatic heterocycles. The van der Waals surface area contributed by atoms with Gasteiger partial charge in [-0.05, 0) is 43.7 Å². The van der Waals surface area contributed by atoms with Gasteiger partial charge in [-0.25, -0.2) is 0 Å². The van der Waals surface area contributed by atoms with Gasteiger partial charge >= 0.3 is 0 Å². The highest BCUT2D eigenvalue weighted by Gasteiger charge is 2.40. The fraction of sp³-hybridized carbons (Fsp3) is 0.625. The SMILES string of the molecule is CC.CC1(C)CCC(C)(NC(=O)c2ccncc2)C1. The van der Waals surface area contributed by atoms with E-state index >= 15 is 0 Å². The molecule has 1 aromatic rings. The van der Waals surface area contributed by atoms with Crippen LogP contribution in [0.5, 0.6) is 0 Å². The minimum Gasteiger partial charge on any atom is -0.347 e. The van der Waals surface area contributed by atoms with Crippen LogP contribution in [0, 0.1) is 5.41 Å². The number of nitrogens with one attached hydrogen (secondary N) is 1. The third-order valence-electron chi connectivity index (χ3n) is 3.58. The molecule has 1 amide bonds. The Hall–Kier alpha value is -1.38. The van der Waals surface area contributed by atoms with E-state index in [0.717, 1.165) is 12.8 Å². The molecule has 0 spiro atoms. The zero-order valence-electron chi connectivity index (χ0n) is 12.8. The van der Waals surface area contributed by atoms with Crippen molar-refractivity contribution in [3.63, 3.8) is 0 Å². The number of aromatic nitrogens is 1. The van der Waals surface area contributed by atoms with E-state index in [1.165, 1.54) is 6.42 Å². The molecule has 0 aromatic carbocycles. The highest BCUT2D eigenvalue weighted by Crippen LogP contribution is 2.43. The van der Waals surface area contributed by atoms with Gasteiger partial charge in [0, 0.05) is 23.5 Å². The summed E-state index contributed by atoms with van der Waals surface area (Å²) in [6.07, 6.45) is 6.55. The fourth-order valence-corrected chi connectivity index (χ4v) is 2.80. The van der Waals surface area contributed by atoms with Crippen molar-refractivity contribution in [1.29, 1.82) is 0 Å². The first-order chi connectivity index (χ1) is 8.90. The maximum atomic E-state index is 12.1. The monoisotopic (exact) mass is 262 g/mol. The van der Waals surface area contributed by atoms with Crippen molar-refractivity contribution in [2.24, 2.45) is 5.41 Å². The van der Waals surface area contributed by atoms with E-state index in [-0.39, 0.29) is 11.4 Å². The molecule has 1 unspecified atom stereocenters. The largest absolute Gasteiger partial charge is 0.347 e. The fourth-order valence-electron chi connectivity index (χ4n) is 2.80. The second-order valence-corrected chi connectivity index (χ2v) is 6.09. The van der Waals surface area contributed by atoms with Crippen LogP contribution in [0.1, 0.15) is 64.2 Å². The summed E-state index contributed by atoms with van der Waals surface area (Å²) in [5.74, 6) is 0.00704. The molecule has 1 heterocycles. The molecule has 1 aliphatic carbocycles. The van der Waals surface area contributed by atoms with Crippen molar-refractivity contribution >= 4 is 5.91 Å². The van der Waals surface area contributed by atoms with E-state index in [0.29, 0.717) is 11.0 Å². The van der Waals surface area contributed by atoms with Crippen LogP contribution < -0.4 is 5.32 Å². The van der Waals surface area contributed by atoms with Crippen LogP contribution in [-0.4, -0.2) is 16.4 Å². The standard InChI is InChI=1S/C14H20N2O.C2H6/c1-13(2)6-7-14(3,10-13)16-12(17)11-4-8-15-9-5-11;1-2/h4-5,8-9H,6-7,10H2,1-3H3,(H,16,17);1-2H3. The van der Waals surface area contributed by atoms with Crippen LogP contribution in [0.2, 0.25) is 0 Å².